The molecular formula is C20H22IN3O5. The zero-order chi connectivity index (χ0) is 20.8. The van der Waals surface area contributed by atoms with Gasteiger partial charge in [0.15, 0.2) is 0 Å². The molecule has 9 heteroatoms. The minimum atomic E-state index is -1.26. The highest BCUT2D eigenvalue weighted by molar-refractivity contribution is 14.1. The summed E-state index contributed by atoms with van der Waals surface area (Å²) in [4.78, 5) is 26.3. The molecule has 3 saturated heterocycles. The van der Waals surface area contributed by atoms with E-state index in [2.05, 4.69) is 49.8 Å². The van der Waals surface area contributed by atoms with Gasteiger partial charge in [-0.1, -0.05) is 17.3 Å². The fraction of sp³-hybridized carbons (Fsp3) is 0.400. The van der Waals surface area contributed by atoms with Crippen LogP contribution in [0.15, 0.2) is 40.9 Å². The molecule has 1 aromatic heterocycles. The van der Waals surface area contributed by atoms with Gasteiger partial charge < -0.3 is 19.6 Å². The average molecular weight is 511 g/mol. The first kappa shape index (κ1) is 21.4. The van der Waals surface area contributed by atoms with Gasteiger partial charge in [-0.05, 0) is 72.5 Å². The van der Waals surface area contributed by atoms with Crippen LogP contribution in [0.1, 0.15) is 18.7 Å². The molecule has 0 amide bonds. The Hall–Kier alpha value is -2.27. The van der Waals surface area contributed by atoms with E-state index in [9.17, 15) is 9.59 Å². The summed E-state index contributed by atoms with van der Waals surface area (Å²) in [6.45, 7) is 3.75. The Morgan fingerprint density at radius 2 is 1.90 bits per heavy atom. The van der Waals surface area contributed by atoms with E-state index in [4.69, 9.17) is 14.7 Å². The van der Waals surface area contributed by atoms with Crippen molar-refractivity contribution in [3.05, 3.63) is 45.9 Å². The lowest BCUT2D eigenvalue weighted by Gasteiger charge is -2.44. The molecule has 0 saturated carbocycles. The van der Waals surface area contributed by atoms with Crippen molar-refractivity contribution in [2.75, 3.05) is 19.6 Å². The Kier molecular flexibility index (Phi) is 7.37. The zero-order valence-corrected chi connectivity index (χ0v) is 17.9. The van der Waals surface area contributed by atoms with E-state index < -0.39 is 11.9 Å². The number of hydrogen-bond donors (Lipinski definition) is 2. The Morgan fingerprint density at radius 3 is 2.45 bits per heavy atom. The standard InChI is InChI=1S/C16H18IN3O.C4H4O4/c17-14-3-1-2-12(8-14)16-18-15(21-19-16)9-13-10-20-6-4-11(13)5-7-20;5-3(6)1-2-4(7)8/h1-3,8,11,13H,4-7,9-10H2;1-2H,(H,5,6)(H,7,8)/b;2-1+. The summed E-state index contributed by atoms with van der Waals surface area (Å²) < 4.78 is 6.68. The van der Waals surface area contributed by atoms with Crippen molar-refractivity contribution in [1.82, 2.24) is 15.0 Å². The normalized spacial score (nSPS) is 22.9. The number of aromatic nitrogens is 2. The van der Waals surface area contributed by atoms with Gasteiger partial charge >= 0.3 is 11.9 Å². The average Bonchev–Trinajstić information content (AvgIpc) is 3.16. The predicted octanol–water partition coefficient (Wildman–Crippen LogP) is 2.94. The van der Waals surface area contributed by atoms with Crippen LogP contribution in [0.2, 0.25) is 0 Å². The van der Waals surface area contributed by atoms with Crippen LogP contribution in [-0.2, 0) is 16.0 Å². The number of fused-ring (bicyclic) bond motifs is 3. The van der Waals surface area contributed by atoms with Gasteiger partial charge in [-0.25, -0.2) is 9.59 Å². The van der Waals surface area contributed by atoms with Crippen molar-refractivity contribution in [2.45, 2.75) is 19.3 Å². The molecule has 5 rings (SSSR count). The fourth-order valence-electron chi connectivity index (χ4n) is 3.77. The van der Waals surface area contributed by atoms with Crippen molar-refractivity contribution in [3.8, 4) is 11.4 Å². The van der Waals surface area contributed by atoms with Gasteiger partial charge in [0.2, 0.25) is 11.7 Å². The van der Waals surface area contributed by atoms with Gasteiger partial charge in [-0.3, -0.25) is 0 Å². The van der Waals surface area contributed by atoms with Crippen LogP contribution in [0.5, 0.6) is 0 Å². The highest BCUT2D eigenvalue weighted by Gasteiger charge is 2.35. The maximum Gasteiger partial charge on any atom is 0.328 e. The molecule has 4 heterocycles. The molecule has 8 nitrogen and oxygen atoms in total. The third kappa shape index (κ3) is 6.36. The van der Waals surface area contributed by atoms with Crippen LogP contribution in [0.3, 0.4) is 0 Å². The molecule has 2 aromatic rings. The molecule has 2 N–H and O–H groups in total. The number of aliphatic carboxylic acids is 2. The Balaban J connectivity index is 0.000000258. The molecule has 0 radical (unpaired) electrons. The fourth-order valence-corrected chi connectivity index (χ4v) is 4.31. The zero-order valence-electron chi connectivity index (χ0n) is 15.7. The predicted molar refractivity (Wildman–Crippen MR) is 113 cm³/mol. The Labute approximate surface area is 181 Å². The lowest BCUT2D eigenvalue weighted by molar-refractivity contribution is -0.134. The molecule has 3 fully saturated rings. The topological polar surface area (TPSA) is 117 Å². The lowest BCUT2D eigenvalue weighted by Crippen LogP contribution is -2.48. The molecule has 3 aliphatic rings. The van der Waals surface area contributed by atoms with Crippen LogP contribution in [0.25, 0.3) is 11.4 Å². The molecule has 29 heavy (non-hydrogen) atoms. The lowest BCUT2D eigenvalue weighted by atomic mass is 9.77. The van der Waals surface area contributed by atoms with Crippen LogP contribution in [-0.4, -0.2) is 56.8 Å². The van der Waals surface area contributed by atoms with Crippen LogP contribution >= 0.6 is 22.6 Å². The minimum Gasteiger partial charge on any atom is -0.478 e. The summed E-state index contributed by atoms with van der Waals surface area (Å²) in [6, 6.07) is 8.22. The van der Waals surface area contributed by atoms with Gasteiger partial charge in [0.05, 0.1) is 0 Å². The number of hydrogen-bond acceptors (Lipinski definition) is 6. The maximum atomic E-state index is 9.55. The van der Waals surface area contributed by atoms with E-state index in [1.54, 1.807) is 0 Å². The highest BCUT2D eigenvalue weighted by atomic mass is 127. The highest BCUT2D eigenvalue weighted by Crippen LogP contribution is 2.34. The van der Waals surface area contributed by atoms with Gasteiger partial charge in [-0.2, -0.15) is 4.98 Å². The second kappa shape index (κ2) is 9.97. The molecule has 2 bridgehead atoms. The van der Waals surface area contributed by atoms with E-state index in [1.165, 1.54) is 36.0 Å². The number of piperidine rings is 3. The van der Waals surface area contributed by atoms with Gasteiger partial charge in [0.1, 0.15) is 0 Å². The molecule has 0 spiro atoms. The van der Waals surface area contributed by atoms with Gasteiger partial charge in [0.25, 0.3) is 0 Å². The Bertz CT molecular complexity index is 874. The van der Waals surface area contributed by atoms with E-state index in [0.29, 0.717) is 23.9 Å². The van der Waals surface area contributed by atoms with Crippen LogP contribution in [0.4, 0.5) is 0 Å². The van der Waals surface area contributed by atoms with Crippen molar-refractivity contribution < 1.29 is 24.3 Å². The summed E-state index contributed by atoms with van der Waals surface area (Å²) in [6.07, 6.45) is 4.72. The van der Waals surface area contributed by atoms with E-state index in [1.807, 2.05) is 12.1 Å². The van der Waals surface area contributed by atoms with Crippen molar-refractivity contribution in [3.63, 3.8) is 0 Å². The molecule has 0 aliphatic carbocycles. The van der Waals surface area contributed by atoms with Crippen molar-refractivity contribution in [1.29, 1.82) is 0 Å². The second-order valence-electron chi connectivity index (χ2n) is 7.13. The number of nitrogens with zero attached hydrogens (tertiary/aromatic N) is 3. The number of carboxylic acid groups (broad SMARTS) is 2. The van der Waals surface area contributed by atoms with Crippen molar-refractivity contribution >= 4 is 34.5 Å². The summed E-state index contributed by atoms with van der Waals surface area (Å²) in [7, 11) is 0. The third-order valence-corrected chi connectivity index (χ3v) is 5.82. The summed E-state index contributed by atoms with van der Waals surface area (Å²) in [5.41, 5.74) is 1.03. The van der Waals surface area contributed by atoms with Crippen LogP contribution < -0.4 is 0 Å². The first-order valence-electron chi connectivity index (χ1n) is 9.35. The first-order valence-corrected chi connectivity index (χ1v) is 10.4. The largest absolute Gasteiger partial charge is 0.478 e. The Morgan fingerprint density at radius 1 is 1.21 bits per heavy atom. The second-order valence-corrected chi connectivity index (χ2v) is 8.38. The molecular weight excluding hydrogens is 489 g/mol. The molecule has 3 aliphatic heterocycles. The van der Waals surface area contributed by atoms with Gasteiger partial charge in [0, 0.05) is 34.3 Å². The molecule has 1 atom stereocenters. The SMILES string of the molecule is Ic1cccc(-c2noc(CC3CN4CCC3CC4)n2)c1.O=C(O)/C=C/C(=O)O. The number of halogens is 1. The maximum absolute atomic E-state index is 9.55. The van der Waals surface area contributed by atoms with Crippen molar-refractivity contribution in [2.24, 2.45) is 11.8 Å². The first-order chi connectivity index (χ1) is 13.9. The molecule has 154 valence electrons. The minimum absolute atomic E-state index is 0.558. The van der Waals surface area contributed by atoms with Gasteiger partial charge in [-0.15, -0.1) is 0 Å². The van der Waals surface area contributed by atoms with E-state index in [-0.39, 0.29) is 0 Å². The third-order valence-electron chi connectivity index (χ3n) is 5.15. The number of rotatable bonds is 5. The number of benzene rings is 1. The smallest absolute Gasteiger partial charge is 0.328 e. The van der Waals surface area contributed by atoms with Crippen LogP contribution in [0, 0.1) is 15.4 Å². The molecule has 1 unspecified atom stereocenters. The van der Waals surface area contributed by atoms with E-state index in [0.717, 1.165) is 23.8 Å². The molecule has 1 aromatic carbocycles. The summed E-state index contributed by atoms with van der Waals surface area (Å²) in [5.74, 6) is 0.534. The summed E-state index contributed by atoms with van der Waals surface area (Å²) in [5, 5.41) is 19.8. The summed E-state index contributed by atoms with van der Waals surface area (Å²) >= 11 is 2.30. The number of carboxylic acids is 2. The number of carbonyl (C=O) groups is 2. The monoisotopic (exact) mass is 511 g/mol. The van der Waals surface area contributed by atoms with E-state index >= 15 is 0 Å². The quantitative estimate of drug-likeness (QED) is 0.465.